The molecule has 1 amide bonds. The Hall–Kier alpha value is -1.84. The van der Waals surface area contributed by atoms with Crippen LogP contribution in [-0.2, 0) is 4.79 Å². The topological polar surface area (TPSA) is 66.4 Å². The van der Waals surface area contributed by atoms with Gasteiger partial charge in [-0.2, -0.15) is 0 Å². The van der Waals surface area contributed by atoms with Crippen LogP contribution < -0.4 is 5.32 Å². The fraction of sp³-hybridized carbons (Fsp3) is 0.429. The smallest absolute Gasteiger partial charge is 0.335 e. The maximum atomic E-state index is 12.1. The lowest BCUT2D eigenvalue weighted by atomic mass is 10.0. The van der Waals surface area contributed by atoms with Crippen molar-refractivity contribution in [3.63, 3.8) is 0 Å². The highest BCUT2D eigenvalue weighted by atomic mass is 16.4. The number of carbonyl (C=O) groups excluding carboxylic acids is 1. The average Bonchev–Trinajstić information content (AvgIpc) is 3.12. The molecule has 2 N–H and O–H groups in total. The molecule has 0 atom stereocenters. The number of nitrogens with one attached hydrogen (secondary N) is 1. The molecule has 0 aromatic heterocycles. The Morgan fingerprint density at radius 3 is 2.56 bits per heavy atom. The van der Waals surface area contributed by atoms with Crippen LogP contribution in [0.25, 0.3) is 0 Å². The van der Waals surface area contributed by atoms with Crippen LogP contribution in [0.1, 0.15) is 42.1 Å². The summed E-state index contributed by atoms with van der Waals surface area (Å²) in [6.07, 6.45) is 2.68. The Morgan fingerprint density at radius 2 is 2.06 bits per heavy atom. The maximum absolute atomic E-state index is 12.1. The van der Waals surface area contributed by atoms with E-state index in [9.17, 15) is 9.59 Å². The highest BCUT2D eigenvalue weighted by molar-refractivity contribution is 5.99. The summed E-state index contributed by atoms with van der Waals surface area (Å²) in [4.78, 5) is 23.0. The molecule has 1 saturated carbocycles. The minimum Gasteiger partial charge on any atom is -0.478 e. The summed E-state index contributed by atoms with van der Waals surface area (Å²) < 4.78 is 0. The van der Waals surface area contributed by atoms with Gasteiger partial charge < -0.3 is 10.4 Å². The predicted octanol–water partition coefficient (Wildman–Crippen LogP) is 2.82. The molecule has 0 unspecified atom stereocenters. The van der Waals surface area contributed by atoms with Crippen LogP contribution in [0.3, 0.4) is 0 Å². The third kappa shape index (κ3) is 2.23. The zero-order chi connectivity index (χ0) is 13.3. The molecule has 1 fully saturated rings. The van der Waals surface area contributed by atoms with Gasteiger partial charge in [0.15, 0.2) is 0 Å². The summed E-state index contributed by atoms with van der Waals surface area (Å²) >= 11 is 0. The average molecular weight is 247 g/mol. The highest BCUT2D eigenvalue weighted by Gasteiger charge is 2.47. The van der Waals surface area contributed by atoms with Crippen LogP contribution in [0.5, 0.6) is 0 Å². The summed E-state index contributed by atoms with van der Waals surface area (Å²) in [5, 5.41) is 11.8. The minimum absolute atomic E-state index is 0.00985. The highest BCUT2D eigenvalue weighted by Crippen LogP contribution is 2.49. The molecule has 1 aromatic carbocycles. The lowest BCUT2D eigenvalue weighted by Crippen LogP contribution is -2.24. The number of amides is 1. The van der Waals surface area contributed by atoms with E-state index in [0.29, 0.717) is 5.69 Å². The van der Waals surface area contributed by atoms with Crippen LogP contribution in [0.15, 0.2) is 18.2 Å². The number of benzene rings is 1. The zero-order valence-corrected chi connectivity index (χ0v) is 10.6. The van der Waals surface area contributed by atoms with Crippen LogP contribution in [0.2, 0.25) is 0 Å². The van der Waals surface area contributed by atoms with E-state index in [1.807, 2.05) is 13.8 Å². The standard InChI is InChI=1S/C14H17NO3/c1-3-14(6-7-14)13(18)15-11-8-10(12(16)17)5-4-9(11)2/h4-5,8H,3,6-7H2,1-2H3,(H,15,18)(H,16,17). The number of anilines is 1. The van der Waals surface area contributed by atoms with E-state index >= 15 is 0 Å². The number of rotatable bonds is 4. The number of aromatic carboxylic acids is 1. The van der Waals surface area contributed by atoms with Crippen molar-refractivity contribution in [2.24, 2.45) is 5.41 Å². The van der Waals surface area contributed by atoms with Crippen LogP contribution >= 0.6 is 0 Å². The third-order valence-corrected chi connectivity index (χ3v) is 3.74. The van der Waals surface area contributed by atoms with Gasteiger partial charge in [0, 0.05) is 11.1 Å². The van der Waals surface area contributed by atoms with Crippen LogP contribution in [-0.4, -0.2) is 17.0 Å². The van der Waals surface area contributed by atoms with Gasteiger partial charge in [-0.3, -0.25) is 4.79 Å². The second-order valence-corrected chi connectivity index (χ2v) is 4.92. The Labute approximate surface area is 106 Å². The molecule has 0 saturated heterocycles. The van der Waals surface area contributed by atoms with Crippen molar-refractivity contribution < 1.29 is 14.7 Å². The predicted molar refractivity (Wildman–Crippen MR) is 68.7 cm³/mol. The molecule has 18 heavy (non-hydrogen) atoms. The first-order valence-corrected chi connectivity index (χ1v) is 6.14. The minimum atomic E-state index is -0.984. The van der Waals surface area contributed by atoms with E-state index < -0.39 is 5.97 Å². The number of carboxylic acids is 1. The lowest BCUT2D eigenvalue weighted by Gasteiger charge is -2.14. The van der Waals surface area contributed by atoms with Gasteiger partial charge in [-0.05, 0) is 43.9 Å². The van der Waals surface area contributed by atoms with Gasteiger partial charge in [-0.25, -0.2) is 4.79 Å². The van der Waals surface area contributed by atoms with Crippen molar-refractivity contribution in [1.29, 1.82) is 0 Å². The second-order valence-electron chi connectivity index (χ2n) is 4.92. The van der Waals surface area contributed by atoms with Gasteiger partial charge in [0.1, 0.15) is 0 Å². The van der Waals surface area contributed by atoms with E-state index in [2.05, 4.69) is 5.32 Å². The molecule has 4 heteroatoms. The Bertz CT molecular complexity index is 504. The number of hydrogen-bond acceptors (Lipinski definition) is 2. The van der Waals surface area contributed by atoms with Gasteiger partial charge in [0.25, 0.3) is 0 Å². The molecular weight excluding hydrogens is 230 g/mol. The number of aryl methyl sites for hydroxylation is 1. The van der Waals surface area contributed by atoms with Gasteiger partial charge >= 0.3 is 5.97 Å². The van der Waals surface area contributed by atoms with E-state index in [0.717, 1.165) is 24.8 Å². The van der Waals surface area contributed by atoms with Crippen molar-refractivity contribution in [2.75, 3.05) is 5.32 Å². The molecule has 0 radical (unpaired) electrons. The summed E-state index contributed by atoms with van der Waals surface area (Å²) in [5.41, 5.74) is 1.45. The summed E-state index contributed by atoms with van der Waals surface area (Å²) in [6.45, 7) is 3.86. The first-order chi connectivity index (χ1) is 8.48. The first kappa shape index (κ1) is 12.6. The number of carboxylic acid groups (broad SMARTS) is 1. The Morgan fingerprint density at radius 1 is 1.39 bits per heavy atom. The summed E-state index contributed by atoms with van der Waals surface area (Å²) in [7, 11) is 0. The lowest BCUT2D eigenvalue weighted by molar-refractivity contribution is -0.121. The summed E-state index contributed by atoms with van der Waals surface area (Å²) in [6, 6.07) is 4.77. The molecule has 0 spiro atoms. The van der Waals surface area contributed by atoms with Crippen molar-refractivity contribution in [1.82, 2.24) is 0 Å². The number of carbonyl (C=O) groups is 2. The van der Waals surface area contributed by atoms with Gasteiger partial charge in [0.05, 0.1) is 5.56 Å². The fourth-order valence-corrected chi connectivity index (χ4v) is 2.04. The maximum Gasteiger partial charge on any atom is 0.335 e. The Balaban J connectivity index is 2.21. The third-order valence-electron chi connectivity index (χ3n) is 3.74. The van der Waals surface area contributed by atoms with Gasteiger partial charge in [-0.1, -0.05) is 13.0 Å². The Kier molecular flexibility index (Phi) is 3.11. The molecule has 96 valence electrons. The molecule has 1 aliphatic rings. The van der Waals surface area contributed by atoms with Crippen molar-refractivity contribution in [2.45, 2.75) is 33.1 Å². The van der Waals surface area contributed by atoms with E-state index in [-0.39, 0.29) is 16.9 Å². The van der Waals surface area contributed by atoms with Crippen molar-refractivity contribution in [3.05, 3.63) is 29.3 Å². The molecule has 2 rings (SSSR count). The quantitative estimate of drug-likeness (QED) is 0.859. The molecule has 4 nitrogen and oxygen atoms in total. The summed E-state index contributed by atoms with van der Waals surface area (Å²) in [5.74, 6) is -0.974. The van der Waals surface area contributed by atoms with E-state index in [1.54, 1.807) is 12.1 Å². The molecule has 0 aliphatic heterocycles. The molecule has 0 heterocycles. The van der Waals surface area contributed by atoms with Crippen molar-refractivity contribution >= 4 is 17.6 Å². The normalized spacial score (nSPS) is 16.1. The zero-order valence-electron chi connectivity index (χ0n) is 10.6. The van der Waals surface area contributed by atoms with Gasteiger partial charge in [-0.15, -0.1) is 0 Å². The SMILES string of the molecule is CCC1(C(=O)Nc2cc(C(=O)O)ccc2C)CC1. The largest absolute Gasteiger partial charge is 0.478 e. The van der Waals surface area contributed by atoms with Gasteiger partial charge in [0.2, 0.25) is 5.91 Å². The van der Waals surface area contributed by atoms with Crippen LogP contribution in [0.4, 0.5) is 5.69 Å². The van der Waals surface area contributed by atoms with Crippen LogP contribution in [0, 0.1) is 12.3 Å². The molecule has 1 aromatic rings. The van der Waals surface area contributed by atoms with Crippen molar-refractivity contribution in [3.8, 4) is 0 Å². The van der Waals surface area contributed by atoms with E-state index in [4.69, 9.17) is 5.11 Å². The monoisotopic (exact) mass is 247 g/mol. The van der Waals surface area contributed by atoms with E-state index in [1.165, 1.54) is 6.07 Å². The second kappa shape index (κ2) is 4.44. The molecule has 0 bridgehead atoms. The molecule has 1 aliphatic carbocycles. The number of hydrogen-bond donors (Lipinski definition) is 2. The molecular formula is C14H17NO3. The first-order valence-electron chi connectivity index (χ1n) is 6.14. The fourth-order valence-electron chi connectivity index (χ4n) is 2.04.